The number of thiophene rings is 1. The molecule has 3 nitrogen and oxygen atoms in total. The van der Waals surface area contributed by atoms with Crippen molar-refractivity contribution >= 4 is 27.3 Å². The van der Waals surface area contributed by atoms with Crippen molar-refractivity contribution in [2.75, 3.05) is 32.7 Å². The minimum atomic E-state index is 0.397. The molecule has 2 aliphatic rings. The third-order valence-corrected chi connectivity index (χ3v) is 6.98. The Kier molecular flexibility index (Phi) is 4.82. The van der Waals surface area contributed by atoms with Gasteiger partial charge in [-0.3, -0.25) is 9.80 Å². The molecule has 20 heavy (non-hydrogen) atoms. The van der Waals surface area contributed by atoms with E-state index in [-0.39, 0.29) is 0 Å². The largest absolute Gasteiger partial charge is 0.329 e. The zero-order chi connectivity index (χ0) is 14.1. The summed E-state index contributed by atoms with van der Waals surface area (Å²) in [5.41, 5.74) is 6.10. The molecule has 0 aliphatic carbocycles. The molecular weight excluding hydrogens is 334 g/mol. The van der Waals surface area contributed by atoms with Crippen LogP contribution in [0, 0.1) is 6.92 Å². The molecule has 2 atom stereocenters. The summed E-state index contributed by atoms with van der Waals surface area (Å²) < 4.78 is 1.23. The summed E-state index contributed by atoms with van der Waals surface area (Å²) in [4.78, 5) is 8.07. The summed E-state index contributed by atoms with van der Waals surface area (Å²) in [7, 11) is 0. The average molecular weight is 358 g/mol. The Morgan fingerprint density at radius 3 is 2.95 bits per heavy atom. The molecule has 5 heteroatoms. The minimum absolute atomic E-state index is 0.397. The van der Waals surface area contributed by atoms with Gasteiger partial charge in [-0.05, 0) is 48.3 Å². The van der Waals surface area contributed by atoms with Gasteiger partial charge in [0.25, 0.3) is 0 Å². The highest BCUT2D eigenvalue weighted by atomic mass is 79.9. The fraction of sp³-hybridized carbons (Fsp3) is 0.733. The number of hydrogen-bond donors (Lipinski definition) is 1. The van der Waals surface area contributed by atoms with E-state index in [4.69, 9.17) is 5.73 Å². The minimum Gasteiger partial charge on any atom is -0.329 e. The molecule has 1 aromatic rings. The van der Waals surface area contributed by atoms with Crippen LogP contribution in [0.5, 0.6) is 0 Å². The monoisotopic (exact) mass is 357 g/mol. The molecule has 2 saturated heterocycles. The van der Waals surface area contributed by atoms with Gasteiger partial charge in [0.1, 0.15) is 0 Å². The van der Waals surface area contributed by atoms with Crippen molar-refractivity contribution in [3.63, 3.8) is 0 Å². The van der Waals surface area contributed by atoms with Crippen LogP contribution >= 0.6 is 27.3 Å². The second kappa shape index (κ2) is 6.44. The number of fused-ring (bicyclic) bond motifs is 1. The van der Waals surface area contributed by atoms with Gasteiger partial charge in [-0.25, -0.2) is 0 Å². The van der Waals surface area contributed by atoms with E-state index in [1.54, 1.807) is 0 Å². The van der Waals surface area contributed by atoms with E-state index >= 15 is 0 Å². The Morgan fingerprint density at radius 1 is 1.40 bits per heavy atom. The van der Waals surface area contributed by atoms with Gasteiger partial charge in [0.05, 0.1) is 6.04 Å². The van der Waals surface area contributed by atoms with Crippen molar-refractivity contribution < 1.29 is 0 Å². The Balaban J connectivity index is 1.73. The number of nitrogens with zero attached hydrogens (tertiary/aromatic N) is 2. The van der Waals surface area contributed by atoms with Gasteiger partial charge in [0.15, 0.2) is 0 Å². The van der Waals surface area contributed by atoms with E-state index in [1.807, 2.05) is 11.3 Å². The van der Waals surface area contributed by atoms with Gasteiger partial charge in [0, 0.05) is 46.4 Å². The second-order valence-electron chi connectivity index (χ2n) is 5.98. The van der Waals surface area contributed by atoms with Crippen LogP contribution in [-0.4, -0.2) is 48.6 Å². The fourth-order valence-electron chi connectivity index (χ4n) is 3.55. The number of halogens is 1. The van der Waals surface area contributed by atoms with Gasteiger partial charge >= 0.3 is 0 Å². The smallest absolute Gasteiger partial charge is 0.0565 e. The molecule has 2 N–H and O–H groups in total. The highest BCUT2D eigenvalue weighted by Gasteiger charge is 2.32. The van der Waals surface area contributed by atoms with Crippen molar-refractivity contribution in [1.29, 1.82) is 0 Å². The van der Waals surface area contributed by atoms with Crippen LogP contribution in [-0.2, 0) is 0 Å². The molecule has 0 spiro atoms. The summed E-state index contributed by atoms with van der Waals surface area (Å²) in [6.07, 6.45) is 4.14. The maximum absolute atomic E-state index is 6.10. The third kappa shape index (κ3) is 2.97. The SMILES string of the molecule is Cc1sc(C(CN)N2CCN3CCCCC3C2)cc1Br. The van der Waals surface area contributed by atoms with E-state index in [1.165, 1.54) is 53.1 Å². The van der Waals surface area contributed by atoms with Crippen LogP contribution in [0.3, 0.4) is 0 Å². The number of piperidine rings is 1. The second-order valence-corrected chi connectivity index (χ2v) is 8.13. The normalized spacial score (nSPS) is 26.4. The van der Waals surface area contributed by atoms with Gasteiger partial charge in [-0.1, -0.05) is 6.42 Å². The standard InChI is InChI=1S/C15H24BrN3S/c1-11-13(16)8-15(20-11)14(9-17)19-7-6-18-5-3-2-4-12(18)10-19/h8,12,14H,2-7,9-10,17H2,1H3. The van der Waals surface area contributed by atoms with Gasteiger partial charge in [-0.15, -0.1) is 11.3 Å². The quantitative estimate of drug-likeness (QED) is 0.902. The van der Waals surface area contributed by atoms with E-state index in [0.29, 0.717) is 6.04 Å². The topological polar surface area (TPSA) is 32.5 Å². The lowest BCUT2D eigenvalue weighted by Crippen LogP contribution is -2.56. The van der Waals surface area contributed by atoms with Crippen LogP contribution in [0.4, 0.5) is 0 Å². The summed E-state index contributed by atoms with van der Waals surface area (Å²) in [5.74, 6) is 0. The van der Waals surface area contributed by atoms with Crippen molar-refractivity contribution in [2.45, 2.75) is 38.3 Å². The maximum Gasteiger partial charge on any atom is 0.0565 e. The molecule has 1 aromatic heterocycles. The molecule has 2 aliphatic heterocycles. The van der Waals surface area contributed by atoms with Crippen LogP contribution in [0.25, 0.3) is 0 Å². The first-order chi connectivity index (χ1) is 9.69. The molecule has 0 aromatic carbocycles. The van der Waals surface area contributed by atoms with E-state index in [2.05, 4.69) is 38.7 Å². The molecule has 112 valence electrons. The van der Waals surface area contributed by atoms with E-state index in [0.717, 1.165) is 19.1 Å². The van der Waals surface area contributed by atoms with E-state index in [9.17, 15) is 0 Å². The molecule has 2 unspecified atom stereocenters. The third-order valence-electron chi connectivity index (χ3n) is 4.74. The number of piperazine rings is 1. The first-order valence-corrected chi connectivity index (χ1v) is 9.24. The first-order valence-electron chi connectivity index (χ1n) is 7.63. The Morgan fingerprint density at radius 2 is 2.25 bits per heavy atom. The number of aryl methyl sites for hydroxylation is 1. The van der Waals surface area contributed by atoms with Crippen LogP contribution in [0.1, 0.15) is 35.1 Å². The summed E-state index contributed by atoms with van der Waals surface area (Å²) in [6, 6.07) is 3.43. The molecule has 0 saturated carbocycles. The summed E-state index contributed by atoms with van der Waals surface area (Å²) in [5, 5.41) is 0. The molecule has 0 amide bonds. The van der Waals surface area contributed by atoms with Crippen LogP contribution in [0.15, 0.2) is 10.5 Å². The molecule has 2 fully saturated rings. The predicted octanol–water partition coefficient (Wildman–Crippen LogP) is 2.99. The Hall–Kier alpha value is 0.0600. The Bertz CT molecular complexity index is 442. The zero-order valence-corrected chi connectivity index (χ0v) is 14.5. The van der Waals surface area contributed by atoms with Crippen LogP contribution in [0.2, 0.25) is 0 Å². The maximum atomic E-state index is 6.10. The Labute approximate surface area is 134 Å². The zero-order valence-electron chi connectivity index (χ0n) is 12.1. The molecule has 3 heterocycles. The lowest BCUT2D eigenvalue weighted by atomic mass is 9.98. The molecular formula is C15H24BrN3S. The number of rotatable bonds is 3. The molecule has 0 radical (unpaired) electrons. The van der Waals surface area contributed by atoms with Crippen molar-refractivity contribution in [3.8, 4) is 0 Å². The lowest BCUT2D eigenvalue weighted by molar-refractivity contribution is 0.0293. The van der Waals surface area contributed by atoms with E-state index < -0.39 is 0 Å². The average Bonchev–Trinajstić information content (AvgIpc) is 2.79. The summed E-state index contributed by atoms with van der Waals surface area (Å²) in [6.45, 7) is 7.76. The number of nitrogens with two attached hydrogens (primary N) is 1. The van der Waals surface area contributed by atoms with Crippen molar-refractivity contribution in [2.24, 2.45) is 5.73 Å². The van der Waals surface area contributed by atoms with Crippen molar-refractivity contribution in [1.82, 2.24) is 9.80 Å². The molecule has 0 bridgehead atoms. The molecule has 3 rings (SSSR count). The predicted molar refractivity (Wildman–Crippen MR) is 89.3 cm³/mol. The van der Waals surface area contributed by atoms with Gasteiger partial charge < -0.3 is 5.73 Å². The highest BCUT2D eigenvalue weighted by Crippen LogP contribution is 2.34. The highest BCUT2D eigenvalue weighted by molar-refractivity contribution is 9.10. The van der Waals surface area contributed by atoms with Gasteiger partial charge in [-0.2, -0.15) is 0 Å². The van der Waals surface area contributed by atoms with Gasteiger partial charge in [0.2, 0.25) is 0 Å². The fourth-order valence-corrected chi connectivity index (χ4v) is 5.26. The number of hydrogen-bond acceptors (Lipinski definition) is 4. The van der Waals surface area contributed by atoms with Crippen molar-refractivity contribution in [3.05, 3.63) is 20.3 Å². The van der Waals surface area contributed by atoms with Crippen LogP contribution < -0.4 is 5.73 Å². The summed E-state index contributed by atoms with van der Waals surface area (Å²) >= 11 is 5.52. The first kappa shape index (κ1) is 15.0. The lowest BCUT2D eigenvalue weighted by Gasteiger charge is -2.46.